The van der Waals surface area contributed by atoms with Gasteiger partial charge in [-0.3, -0.25) is 9.59 Å². The lowest BCUT2D eigenvalue weighted by Crippen LogP contribution is -2.32. The van der Waals surface area contributed by atoms with Gasteiger partial charge in [-0.25, -0.2) is 4.39 Å². The molecule has 17 heavy (non-hydrogen) atoms. The van der Waals surface area contributed by atoms with E-state index in [2.05, 4.69) is 0 Å². The van der Waals surface area contributed by atoms with Crippen molar-refractivity contribution < 1.29 is 19.1 Å². The Morgan fingerprint density at radius 1 is 1.47 bits per heavy atom. The molecule has 0 heterocycles. The normalized spacial score (nSPS) is 10.1. The van der Waals surface area contributed by atoms with Crippen molar-refractivity contribution in [2.45, 2.75) is 6.92 Å². The molecule has 6 heteroatoms. The number of rotatable bonds is 3. The van der Waals surface area contributed by atoms with Crippen LogP contribution in [0.4, 0.5) is 4.39 Å². The number of hydrogen-bond acceptors (Lipinski definition) is 2. The smallest absolute Gasteiger partial charge is 0.323 e. The number of carbonyl (C=O) groups excluding carboxylic acids is 1. The zero-order valence-electron chi connectivity index (χ0n) is 9.33. The molecule has 1 aromatic carbocycles. The number of aliphatic carboxylic acids is 1. The number of halogens is 2. The fourth-order valence-corrected chi connectivity index (χ4v) is 1.46. The monoisotopic (exact) mass is 259 g/mol. The minimum Gasteiger partial charge on any atom is -0.480 e. The molecule has 0 spiro atoms. The Balaban J connectivity index is 3.05. The average molecular weight is 260 g/mol. The van der Waals surface area contributed by atoms with Gasteiger partial charge in [-0.1, -0.05) is 17.7 Å². The van der Waals surface area contributed by atoms with Crippen LogP contribution < -0.4 is 0 Å². The molecule has 4 nitrogen and oxygen atoms in total. The van der Waals surface area contributed by atoms with Crippen LogP contribution in [0.5, 0.6) is 0 Å². The van der Waals surface area contributed by atoms with Crippen LogP contribution in [0, 0.1) is 12.7 Å². The lowest BCUT2D eigenvalue weighted by molar-refractivity contribution is -0.137. The van der Waals surface area contributed by atoms with Gasteiger partial charge in [0, 0.05) is 7.05 Å². The maximum atomic E-state index is 13.7. The number of amides is 1. The summed E-state index contributed by atoms with van der Waals surface area (Å²) in [7, 11) is 1.28. The van der Waals surface area contributed by atoms with Gasteiger partial charge in [-0.2, -0.15) is 0 Å². The first-order valence-electron chi connectivity index (χ1n) is 4.76. The number of likely N-dealkylation sites (N-methyl/N-ethyl adjacent to an activating group) is 1. The largest absolute Gasteiger partial charge is 0.480 e. The van der Waals surface area contributed by atoms with Crippen molar-refractivity contribution >= 4 is 23.5 Å². The highest BCUT2D eigenvalue weighted by atomic mass is 35.5. The average Bonchev–Trinajstić information content (AvgIpc) is 2.24. The summed E-state index contributed by atoms with van der Waals surface area (Å²) in [6.07, 6.45) is 0. The van der Waals surface area contributed by atoms with E-state index in [1.54, 1.807) is 6.92 Å². The molecule has 1 rings (SSSR count). The predicted molar refractivity (Wildman–Crippen MR) is 60.7 cm³/mol. The second-order valence-corrected chi connectivity index (χ2v) is 3.99. The van der Waals surface area contributed by atoms with Gasteiger partial charge in [-0.15, -0.1) is 0 Å². The van der Waals surface area contributed by atoms with Gasteiger partial charge in [0.05, 0.1) is 10.6 Å². The fraction of sp³-hybridized carbons (Fsp3) is 0.273. The molecule has 0 aromatic heterocycles. The van der Waals surface area contributed by atoms with Gasteiger partial charge in [0.2, 0.25) is 0 Å². The van der Waals surface area contributed by atoms with Crippen molar-refractivity contribution in [3.8, 4) is 0 Å². The Labute approximate surface area is 103 Å². The fourth-order valence-electron chi connectivity index (χ4n) is 1.29. The quantitative estimate of drug-likeness (QED) is 0.903. The molecule has 0 unspecified atom stereocenters. The lowest BCUT2D eigenvalue weighted by atomic mass is 10.1. The number of hydrogen-bond donors (Lipinski definition) is 1. The number of aryl methyl sites for hydroxylation is 1. The van der Waals surface area contributed by atoms with Gasteiger partial charge < -0.3 is 10.0 Å². The number of carboxylic acid groups (broad SMARTS) is 1. The number of nitrogens with zero attached hydrogens (tertiary/aromatic N) is 1. The maximum Gasteiger partial charge on any atom is 0.323 e. The Morgan fingerprint density at radius 2 is 2.06 bits per heavy atom. The van der Waals surface area contributed by atoms with Gasteiger partial charge in [-0.05, 0) is 18.6 Å². The molecule has 0 bridgehead atoms. The third kappa shape index (κ3) is 2.94. The zero-order valence-corrected chi connectivity index (χ0v) is 10.1. The van der Waals surface area contributed by atoms with Crippen LogP contribution in [-0.4, -0.2) is 35.5 Å². The van der Waals surface area contributed by atoms with Crippen LogP contribution in [-0.2, 0) is 4.79 Å². The van der Waals surface area contributed by atoms with E-state index in [1.807, 2.05) is 0 Å². The van der Waals surface area contributed by atoms with Crippen molar-refractivity contribution in [1.82, 2.24) is 4.90 Å². The van der Waals surface area contributed by atoms with Crippen LogP contribution in [0.2, 0.25) is 5.02 Å². The van der Waals surface area contributed by atoms with Crippen LogP contribution in [0.15, 0.2) is 12.1 Å². The minimum absolute atomic E-state index is 0.125. The Kier molecular flexibility index (Phi) is 4.07. The third-order valence-electron chi connectivity index (χ3n) is 2.22. The van der Waals surface area contributed by atoms with E-state index in [9.17, 15) is 14.0 Å². The Hall–Kier alpha value is -1.62. The molecule has 0 saturated carbocycles. The highest BCUT2D eigenvalue weighted by Gasteiger charge is 2.20. The van der Waals surface area contributed by atoms with E-state index in [4.69, 9.17) is 16.7 Å². The number of carboxylic acids is 1. The second kappa shape index (κ2) is 5.14. The lowest BCUT2D eigenvalue weighted by Gasteiger charge is -2.15. The van der Waals surface area contributed by atoms with Crippen LogP contribution in [0.1, 0.15) is 15.9 Å². The molecule has 1 N–H and O–H groups in total. The van der Waals surface area contributed by atoms with Crippen molar-refractivity contribution in [1.29, 1.82) is 0 Å². The van der Waals surface area contributed by atoms with E-state index in [0.717, 1.165) is 4.90 Å². The summed E-state index contributed by atoms with van der Waals surface area (Å²) in [6.45, 7) is 1.12. The van der Waals surface area contributed by atoms with Crippen molar-refractivity contribution in [2.75, 3.05) is 13.6 Å². The molecule has 0 aliphatic rings. The van der Waals surface area contributed by atoms with Gasteiger partial charge in [0.25, 0.3) is 5.91 Å². The summed E-state index contributed by atoms with van der Waals surface area (Å²) in [4.78, 5) is 23.1. The summed E-state index contributed by atoms with van der Waals surface area (Å²) in [5.74, 6) is -2.71. The highest BCUT2D eigenvalue weighted by Crippen LogP contribution is 2.23. The van der Waals surface area contributed by atoms with Gasteiger partial charge in [0.1, 0.15) is 6.54 Å². The molecule has 0 aliphatic heterocycles. The molecule has 0 aliphatic carbocycles. The molecule has 1 aromatic rings. The topological polar surface area (TPSA) is 57.6 Å². The molecular weight excluding hydrogens is 249 g/mol. The highest BCUT2D eigenvalue weighted by molar-refractivity contribution is 6.31. The minimum atomic E-state index is -1.17. The SMILES string of the molecule is Cc1ccc(C(=O)N(C)CC(=O)O)c(F)c1Cl. The number of carbonyl (C=O) groups is 2. The first kappa shape index (κ1) is 13.4. The number of benzene rings is 1. The molecule has 1 amide bonds. The summed E-state index contributed by atoms with van der Waals surface area (Å²) < 4.78 is 13.7. The van der Waals surface area contributed by atoms with E-state index < -0.39 is 24.2 Å². The standard InChI is InChI=1S/C11H11ClFNO3/c1-6-3-4-7(10(13)9(6)12)11(17)14(2)5-8(15)16/h3-4H,5H2,1-2H3,(H,15,16). The molecule has 0 radical (unpaired) electrons. The predicted octanol–water partition coefficient (Wildman–Crippen LogP) is 1.94. The Bertz CT molecular complexity index is 476. The van der Waals surface area contributed by atoms with Crippen LogP contribution in [0.25, 0.3) is 0 Å². The van der Waals surface area contributed by atoms with Crippen molar-refractivity contribution in [2.24, 2.45) is 0 Å². The summed E-state index contributed by atoms with van der Waals surface area (Å²) in [6, 6.07) is 2.80. The third-order valence-corrected chi connectivity index (χ3v) is 2.69. The molecular formula is C11H11ClFNO3. The zero-order chi connectivity index (χ0) is 13.2. The van der Waals surface area contributed by atoms with Crippen LogP contribution in [0.3, 0.4) is 0 Å². The summed E-state index contributed by atoms with van der Waals surface area (Å²) in [5.41, 5.74) is 0.283. The Morgan fingerprint density at radius 3 is 2.59 bits per heavy atom. The van der Waals surface area contributed by atoms with E-state index in [0.29, 0.717) is 5.56 Å². The van der Waals surface area contributed by atoms with Crippen molar-refractivity contribution in [3.63, 3.8) is 0 Å². The van der Waals surface area contributed by atoms with E-state index >= 15 is 0 Å². The molecule has 0 fully saturated rings. The maximum absolute atomic E-state index is 13.7. The summed E-state index contributed by atoms with van der Waals surface area (Å²) in [5, 5.41) is 8.41. The first-order valence-corrected chi connectivity index (χ1v) is 5.14. The second-order valence-electron chi connectivity index (χ2n) is 3.61. The van der Waals surface area contributed by atoms with Crippen LogP contribution >= 0.6 is 11.6 Å². The van der Waals surface area contributed by atoms with Gasteiger partial charge in [0.15, 0.2) is 5.82 Å². The molecule has 0 atom stereocenters. The first-order chi connectivity index (χ1) is 7.84. The summed E-state index contributed by atoms with van der Waals surface area (Å²) >= 11 is 5.68. The van der Waals surface area contributed by atoms with Gasteiger partial charge >= 0.3 is 5.97 Å². The molecule has 92 valence electrons. The van der Waals surface area contributed by atoms with E-state index in [1.165, 1.54) is 19.2 Å². The van der Waals surface area contributed by atoms with E-state index in [-0.39, 0.29) is 10.6 Å². The molecule has 0 saturated heterocycles. The van der Waals surface area contributed by atoms with Crippen molar-refractivity contribution in [3.05, 3.63) is 34.1 Å².